The van der Waals surface area contributed by atoms with Gasteiger partial charge < -0.3 is 5.32 Å². The Morgan fingerprint density at radius 1 is 1.12 bits per heavy atom. The van der Waals surface area contributed by atoms with Gasteiger partial charge in [-0.1, -0.05) is 19.1 Å². The Hall–Kier alpha value is -1.36. The van der Waals surface area contributed by atoms with Crippen molar-refractivity contribution in [3.8, 4) is 0 Å². The number of hydrogen-bond acceptors (Lipinski definition) is 3. The predicted molar refractivity (Wildman–Crippen MR) is 102 cm³/mol. The van der Waals surface area contributed by atoms with E-state index >= 15 is 0 Å². The van der Waals surface area contributed by atoms with Gasteiger partial charge in [0, 0.05) is 6.04 Å². The molecule has 1 atom stereocenters. The maximum Gasteiger partial charge on any atom is 0.252 e. The van der Waals surface area contributed by atoms with Gasteiger partial charge in [0.25, 0.3) is 5.91 Å². The number of carbonyl (C=O) groups is 1. The van der Waals surface area contributed by atoms with Crippen molar-refractivity contribution in [2.75, 3.05) is 5.75 Å². The van der Waals surface area contributed by atoms with Gasteiger partial charge in [0.15, 0.2) is 9.84 Å². The van der Waals surface area contributed by atoms with E-state index in [4.69, 9.17) is 0 Å². The Kier molecular flexibility index (Phi) is 4.41. The van der Waals surface area contributed by atoms with E-state index in [0.29, 0.717) is 0 Å². The summed E-state index contributed by atoms with van der Waals surface area (Å²) in [5, 5.41) is 3.19. The minimum Gasteiger partial charge on any atom is -0.349 e. The lowest BCUT2D eigenvalue weighted by molar-refractivity contribution is -0.0688. The summed E-state index contributed by atoms with van der Waals surface area (Å²) in [6.45, 7) is 3.74. The maximum absolute atomic E-state index is 13.0. The van der Waals surface area contributed by atoms with Crippen LogP contribution in [-0.2, 0) is 9.84 Å². The quantitative estimate of drug-likeness (QED) is 0.851. The summed E-state index contributed by atoms with van der Waals surface area (Å²) in [5.74, 6) is 2.23. The Labute approximate surface area is 156 Å². The first-order valence-corrected chi connectivity index (χ1v) is 11.6. The predicted octanol–water partition coefficient (Wildman–Crippen LogP) is 3.81. The average Bonchev–Trinajstić information content (AvgIpc) is 2.60. The third-order valence-electron chi connectivity index (χ3n) is 7.20. The van der Waals surface area contributed by atoms with E-state index in [1.165, 1.54) is 38.5 Å². The molecule has 4 fully saturated rings. The van der Waals surface area contributed by atoms with E-state index in [0.717, 1.165) is 17.8 Å². The summed E-state index contributed by atoms with van der Waals surface area (Å²) in [7, 11) is -3.42. The molecule has 5 heteroatoms. The van der Waals surface area contributed by atoms with Gasteiger partial charge in [-0.25, -0.2) is 8.42 Å². The Balaban J connectivity index is 1.56. The van der Waals surface area contributed by atoms with Crippen molar-refractivity contribution >= 4 is 15.7 Å². The minimum absolute atomic E-state index is 0.00181. The lowest BCUT2D eigenvalue weighted by Gasteiger charge is -2.59. The Morgan fingerprint density at radius 3 is 2.19 bits per heavy atom. The second kappa shape index (κ2) is 6.36. The smallest absolute Gasteiger partial charge is 0.252 e. The van der Waals surface area contributed by atoms with Crippen molar-refractivity contribution in [3.05, 3.63) is 29.8 Å². The normalized spacial score (nSPS) is 33.8. The standard InChI is InChI=1S/C21H29NO3S/c1-3-26(24,25)19-7-5-4-6-18(19)20(23)22-14(2)21-11-15-8-16(12-21)10-17(9-15)13-21/h4-7,14-17H,3,8-13H2,1-2H3,(H,22,23)/t14-,15?,16?,17?,21?/m1/s1. The molecule has 0 aliphatic heterocycles. The molecule has 4 aliphatic carbocycles. The van der Waals surface area contributed by atoms with Crippen molar-refractivity contribution in [2.24, 2.45) is 23.2 Å². The number of hydrogen-bond donors (Lipinski definition) is 1. The first kappa shape index (κ1) is 18.0. The van der Waals surface area contributed by atoms with Crippen LogP contribution >= 0.6 is 0 Å². The molecule has 0 saturated heterocycles. The number of amides is 1. The van der Waals surface area contributed by atoms with Crippen LogP contribution in [0, 0.1) is 23.2 Å². The summed E-state index contributed by atoms with van der Waals surface area (Å²) in [6, 6.07) is 6.68. The van der Waals surface area contributed by atoms with Crippen LogP contribution in [0.1, 0.15) is 62.7 Å². The second-order valence-electron chi connectivity index (χ2n) is 8.87. The largest absolute Gasteiger partial charge is 0.349 e. The molecule has 26 heavy (non-hydrogen) atoms. The highest BCUT2D eigenvalue weighted by molar-refractivity contribution is 7.91. The van der Waals surface area contributed by atoms with Gasteiger partial charge in [-0.3, -0.25) is 4.79 Å². The number of benzene rings is 1. The highest BCUT2D eigenvalue weighted by atomic mass is 32.2. The lowest BCUT2D eigenvalue weighted by atomic mass is 9.48. The van der Waals surface area contributed by atoms with E-state index in [9.17, 15) is 13.2 Å². The number of sulfone groups is 1. The molecule has 0 spiro atoms. The number of nitrogens with one attached hydrogen (secondary N) is 1. The summed E-state index contributed by atoms with van der Waals surface area (Å²) in [5.41, 5.74) is 0.495. The van der Waals surface area contributed by atoms with Gasteiger partial charge in [-0.05, 0) is 80.8 Å². The molecule has 4 aliphatic rings. The fourth-order valence-corrected chi connectivity index (χ4v) is 7.31. The molecule has 0 aromatic heterocycles. The summed E-state index contributed by atoms with van der Waals surface area (Å²) in [4.78, 5) is 13.1. The van der Waals surface area contributed by atoms with E-state index in [1.54, 1.807) is 31.2 Å². The van der Waals surface area contributed by atoms with Crippen LogP contribution < -0.4 is 5.32 Å². The molecule has 142 valence electrons. The molecule has 1 aromatic carbocycles. The molecule has 0 radical (unpaired) electrons. The fraction of sp³-hybridized carbons (Fsp3) is 0.667. The third-order valence-corrected chi connectivity index (χ3v) is 8.98. The van der Waals surface area contributed by atoms with E-state index < -0.39 is 9.84 Å². The average molecular weight is 376 g/mol. The molecular formula is C21H29NO3S. The van der Waals surface area contributed by atoms with Gasteiger partial charge in [0.05, 0.1) is 16.2 Å². The zero-order valence-electron chi connectivity index (χ0n) is 15.7. The molecule has 5 rings (SSSR count). The van der Waals surface area contributed by atoms with Crippen LogP contribution in [0.4, 0.5) is 0 Å². The van der Waals surface area contributed by atoms with Gasteiger partial charge in [0.2, 0.25) is 0 Å². The molecule has 1 aromatic rings. The Bertz CT molecular complexity index is 779. The monoisotopic (exact) mass is 375 g/mol. The lowest BCUT2D eigenvalue weighted by Crippen LogP contribution is -2.55. The Morgan fingerprint density at radius 2 is 1.65 bits per heavy atom. The summed E-state index contributed by atoms with van der Waals surface area (Å²) >= 11 is 0. The third kappa shape index (κ3) is 2.98. The fourth-order valence-electron chi connectivity index (χ4n) is 6.22. The van der Waals surface area contributed by atoms with E-state index in [2.05, 4.69) is 12.2 Å². The van der Waals surface area contributed by atoms with Crippen molar-refractivity contribution in [2.45, 2.75) is 63.3 Å². The van der Waals surface area contributed by atoms with Crippen LogP contribution in [0.25, 0.3) is 0 Å². The highest BCUT2D eigenvalue weighted by Crippen LogP contribution is 2.61. The minimum atomic E-state index is -3.42. The summed E-state index contributed by atoms with van der Waals surface area (Å²) < 4.78 is 24.7. The van der Waals surface area contributed by atoms with Gasteiger partial charge in [0.1, 0.15) is 0 Å². The van der Waals surface area contributed by atoms with Crippen molar-refractivity contribution in [3.63, 3.8) is 0 Å². The molecule has 0 heterocycles. The van der Waals surface area contributed by atoms with Crippen LogP contribution in [-0.4, -0.2) is 26.1 Å². The first-order valence-electron chi connectivity index (χ1n) is 9.95. The first-order chi connectivity index (χ1) is 12.3. The highest BCUT2D eigenvalue weighted by Gasteiger charge is 2.53. The van der Waals surface area contributed by atoms with Crippen LogP contribution in [0.15, 0.2) is 29.2 Å². The molecule has 1 N–H and O–H groups in total. The molecular weight excluding hydrogens is 346 g/mol. The maximum atomic E-state index is 13.0. The molecule has 1 amide bonds. The van der Waals surface area contributed by atoms with Gasteiger partial charge in [-0.15, -0.1) is 0 Å². The van der Waals surface area contributed by atoms with Crippen molar-refractivity contribution in [1.29, 1.82) is 0 Å². The van der Waals surface area contributed by atoms with E-state index in [1.807, 2.05) is 0 Å². The summed E-state index contributed by atoms with van der Waals surface area (Å²) in [6.07, 6.45) is 7.77. The van der Waals surface area contributed by atoms with Gasteiger partial charge >= 0.3 is 0 Å². The molecule has 4 bridgehead atoms. The van der Waals surface area contributed by atoms with Gasteiger partial charge in [-0.2, -0.15) is 0 Å². The number of rotatable bonds is 5. The van der Waals surface area contributed by atoms with Crippen LogP contribution in [0.2, 0.25) is 0 Å². The SMILES string of the molecule is CCS(=O)(=O)c1ccccc1C(=O)N[C@H](C)C12CC3CC(CC(C3)C1)C2. The zero-order chi connectivity index (χ0) is 18.5. The van der Waals surface area contributed by atoms with Crippen LogP contribution in [0.3, 0.4) is 0 Å². The zero-order valence-corrected chi connectivity index (χ0v) is 16.5. The number of carbonyl (C=O) groups excluding carboxylic acids is 1. The van der Waals surface area contributed by atoms with E-state index in [-0.39, 0.29) is 33.6 Å². The molecule has 4 saturated carbocycles. The van der Waals surface area contributed by atoms with Crippen molar-refractivity contribution in [1.82, 2.24) is 5.32 Å². The van der Waals surface area contributed by atoms with Crippen molar-refractivity contribution < 1.29 is 13.2 Å². The molecule has 4 nitrogen and oxygen atoms in total. The molecule has 0 unspecified atom stereocenters. The van der Waals surface area contributed by atoms with Crippen LogP contribution in [0.5, 0.6) is 0 Å². The topological polar surface area (TPSA) is 63.2 Å². The second-order valence-corrected chi connectivity index (χ2v) is 11.1.